The highest BCUT2D eigenvalue weighted by atomic mass is 16.5. The SMILES string of the molecule is COCCC(C)(C)CNC(=O)[C@@H]1CC[C@H](C(=O)O)O1. The molecule has 19 heavy (non-hydrogen) atoms. The molecule has 110 valence electrons. The molecular formula is C13H23NO5. The summed E-state index contributed by atoms with van der Waals surface area (Å²) in [6.45, 7) is 5.25. The maximum Gasteiger partial charge on any atom is 0.332 e. The first kappa shape index (κ1) is 15.9. The van der Waals surface area contributed by atoms with Crippen LogP contribution in [0.3, 0.4) is 0 Å². The summed E-state index contributed by atoms with van der Waals surface area (Å²) in [4.78, 5) is 22.6. The van der Waals surface area contributed by atoms with E-state index < -0.39 is 18.2 Å². The van der Waals surface area contributed by atoms with Crippen molar-refractivity contribution in [2.24, 2.45) is 5.41 Å². The lowest BCUT2D eigenvalue weighted by molar-refractivity contribution is -0.151. The minimum Gasteiger partial charge on any atom is -0.479 e. The molecule has 0 aromatic heterocycles. The van der Waals surface area contributed by atoms with Crippen molar-refractivity contribution in [2.45, 2.75) is 45.3 Å². The average Bonchev–Trinajstić information content (AvgIpc) is 2.83. The summed E-state index contributed by atoms with van der Waals surface area (Å²) in [5.74, 6) is -1.23. The number of rotatable bonds is 7. The second kappa shape index (κ2) is 6.86. The van der Waals surface area contributed by atoms with Gasteiger partial charge in [-0.25, -0.2) is 4.79 Å². The van der Waals surface area contributed by atoms with Gasteiger partial charge in [0.1, 0.15) is 6.10 Å². The number of amides is 1. The molecule has 6 nitrogen and oxygen atoms in total. The third-order valence-electron chi connectivity index (χ3n) is 3.31. The van der Waals surface area contributed by atoms with Crippen molar-refractivity contribution < 1.29 is 24.2 Å². The van der Waals surface area contributed by atoms with Crippen LogP contribution < -0.4 is 5.32 Å². The molecular weight excluding hydrogens is 250 g/mol. The molecule has 1 amide bonds. The topological polar surface area (TPSA) is 84.9 Å². The maximum atomic E-state index is 11.9. The number of carbonyl (C=O) groups is 2. The molecule has 0 radical (unpaired) electrons. The van der Waals surface area contributed by atoms with E-state index in [2.05, 4.69) is 5.32 Å². The Hall–Kier alpha value is -1.14. The van der Waals surface area contributed by atoms with E-state index in [0.717, 1.165) is 6.42 Å². The predicted molar refractivity (Wildman–Crippen MR) is 68.8 cm³/mol. The van der Waals surface area contributed by atoms with Crippen molar-refractivity contribution in [3.63, 3.8) is 0 Å². The molecule has 0 spiro atoms. The summed E-state index contributed by atoms with van der Waals surface area (Å²) in [7, 11) is 1.65. The normalized spacial score (nSPS) is 23.3. The highest BCUT2D eigenvalue weighted by Gasteiger charge is 2.35. The van der Waals surface area contributed by atoms with Gasteiger partial charge in [-0.2, -0.15) is 0 Å². The quantitative estimate of drug-likeness (QED) is 0.716. The van der Waals surface area contributed by atoms with Gasteiger partial charge in [0.05, 0.1) is 0 Å². The number of carboxylic acids is 1. The van der Waals surface area contributed by atoms with E-state index in [9.17, 15) is 9.59 Å². The minimum absolute atomic E-state index is 0.0591. The summed E-state index contributed by atoms with van der Waals surface area (Å²) in [5.41, 5.74) is -0.0591. The van der Waals surface area contributed by atoms with Crippen LogP contribution in [0, 0.1) is 5.41 Å². The number of hydrogen-bond acceptors (Lipinski definition) is 4. The van der Waals surface area contributed by atoms with E-state index in [4.69, 9.17) is 14.6 Å². The molecule has 1 aliphatic heterocycles. The number of carbonyl (C=O) groups excluding carboxylic acids is 1. The molecule has 0 saturated carbocycles. The number of methoxy groups -OCH3 is 1. The van der Waals surface area contributed by atoms with E-state index in [1.54, 1.807) is 7.11 Å². The second-order valence-corrected chi connectivity index (χ2v) is 5.65. The van der Waals surface area contributed by atoms with Crippen LogP contribution in [-0.2, 0) is 19.1 Å². The van der Waals surface area contributed by atoms with Crippen molar-refractivity contribution >= 4 is 11.9 Å². The Balaban J connectivity index is 2.34. The zero-order valence-electron chi connectivity index (χ0n) is 11.8. The molecule has 1 aliphatic rings. The fraction of sp³-hybridized carbons (Fsp3) is 0.846. The monoisotopic (exact) mass is 273 g/mol. The first-order valence-corrected chi connectivity index (χ1v) is 6.50. The molecule has 1 heterocycles. The Labute approximate surface area is 113 Å². The Morgan fingerprint density at radius 3 is 2.53 bits per heavy atom. The van der Waals surface area contributed by atoms with Crippen molar-refractivity contribution in [3.05, 3.63) is 0 Å². The largest absolute Gasteiger partial charge is 0.479 e. The fourth-order valence-electron chi connectivity index (χ4n) is 1.92. The molecule has 2 atom stereocenters. The fourth-order valence-corrected chi connectivity index (χ4v) is 1.92. The van der Waals surface area contributed by atoms with Gasteiger partial charge in [-0.1, -0.05) is 13.8 Å². The molecule has 1 rings (SSSR count). The van der Waals surface area contributed by atoms with Crippen molar-refractivity contribution in [3.8, 4) is 0 Å². The van der Waals surface area contributed by atoms with Gasteiger partial charge in [0.25, 0.3) is 0 Å². The van der Waals surface area contributed by atoms with Gasteiger partial charge >= 0.3 is 5.97 Å². The van der Waals surface area contributed by atoms with Gasteiger partial charge in [-0.15, -0.1) is 0 Å². The number of hydrogen-bond donors (Lipinski definition) is 2. The Morgan fingerprint density at radius 2 is 2.00 bits per heavy atom. The molecule has 6 heteroatoms. The summed E-state index contributed by atoms with van der Waals surface area (Å²) < 4.78 is 10.2. The highest BCUT2D eigenvalue weighted by Crippen LogP contribution is 2.22. The minimum atomic E-state index is -1.00. The third kappa shape index (κ3) is 5.16. The van der Waals surface area contributed by atoms with Crippen LogP contribution in [0.25, 0.3) is 0 Å². The van der Waals surface area contributed by atoms with Crippen LogP contribution in [0.15, 0.2) is 0 Å². The lowest BCUT2D eigenvalue weighted by Crippen LogP contribution is -2.40. The number of carboxylic acid groups (broad SMARTS) is 1. The van der Waals surface area contributed by atoms with Crippen LogP contribution in [-0.4, -0.2) is 49.5 Å². The van der Waals surface area contributed by atoms with Crippen molar-refractivity contribution in [2.75, 3.05) is 20.3 Å². The third-order valence-corrected chi connectivity index (χ3v) is 3.31. The van der Waals surface area contributed by atoms with Gasteiger partial charge < -0.3 is 19.9 Å². The summed E-state index contributed by atoms with van der Waals surface area (Å²) in [6, 6.07) is 0. The lowest BCUT2D eigenvalue weighted by atomic mass is 9.89. The first-order chi connectivity index (χ1) is 8.85. The molecule has 0 aromatic rings. The summed E-state index contributed by atoms with van der Waals surface area (Å²) >= 11 is 0. The van der Waals surface area contributed by atoms with Crippen LogP contribution in [0.5, 0.6) is 0 Å². The number of aliphatic carboxylic acids is 1. The van der Waals surface area contributed by atoms with Crippen LogP contribution in [0.1, 0.15) is 33.1 Å². The van der Waals surface area contributed by atoms with Crippen LogP contribution in [0.4, 0.5) is 0 Å². The predicted octanol–water partition coefficient (Wildman–Crippen LogP) is 0.797. The van der Waals surface area contributed by atoms with Crippen LogP contribution in [0.2, 0.25) is 0 Å². The lowest BCUT2D eigenvalue weighted by Gasteiger charge is -2.25. The summed E-state index contributed by atoms with van der Waals surface area (Å²) in [6.07, 6.45) is 0.200. The van der Waals surface area contributed by atoms with E-state index in [0.29, 0.717) is 26.0 Å². The molecule has 2 N–H and O–H groups in total. The van der Waals surface area contributed by atoms with Gasteiger partial charge in [-0.3, -0.25) is 4.79 Å². The summed E-state index contributed by atoms with van der Waals surface area (Å²) in [5, 5.41) is 11.6. The van der Waals surface area contributed by atoms with E-state index in [1.807, 2.05) is 13.8 Å². The standard InChI is InChI=1S/C13H23NO5/c1-13(2,6-7-18-3)8-14-11(15)9-4-5-10(19-9)12(16)17/h9-10H,4-8H2,1-3H3,(H,14,15)(H,16,17)/t9-,10+/m0/s1. The Morgan fingerprint density at radius 1 is 1.37 bits per heavy atom. The molecule has 1 saturated heterocycles. The average molecular weight is 273 g/mol. The maximum absolute atomic E-state index is 11.9. The van der Waals surface area contributed by atoms with E-state index >= 15 is 0 Å². The van der Waals surface area contributed by atoms with E-state index in [-0.39, 0.29) is 11.3 Å². The van der Waals surface area contributed by atoms with Gasteiger partial charge in [0, 0.05) is 20.3 Å². The molecule has 0 bridgehead atoms. The Kier molecular flexibility index (Phi) is 5.75. The van der Waals surface area contributed by atoms with Crippen LogP contribution >= 0.6 is 0 Å². The van der Waals surface area contributed by atoms with Gasteiger partial charge in [-0.05, 0) is 24.7 Å². The zero-order valence-corrected chi connectivity index (χ0v) is 11.8. The van der Waals surface area contributed by atoms with Crippen molar-refractivity contribution in [1.29, 1.82) is 0 Å². The van der Waals surface area contributed by atoms with Crippen molar-refractivity contribution in [1.82, 2.24) is 5.32 Å². The Bertz CT molecular complexity index is 329. The zero-order chi connectivity index (χ0) is 14.5. The van der Waals surface area contributed by atoms with Gasteiger partial charge in [0.15, 0.2) is 6.10 Å². The van der Waals surface area contributed by atoms with E-state index in [1.165, 1.54) is 0 Å². The second-order valence-electron chi connectivity index (χ2n) is 5.65. The number of ether oxygens (including phenoxy) is 2. The molecule has 0 aromatic carbocycles. The molecule has 0 aliphatic carbocycles. The first-order valence-electron chi connectivity index (χ1n) is 6.50. The molecule has 0 unspecified atom stereocenters. The smallest absolute Gasteiger partial charge is 0.332 e. The van der Waals surface area contributed by atoms with Gasteiger partial charge in [0.2, 0.25) is 5.91 Å². The molecule has 1 fully saturated rings. The highest BCUT2D eigenvalue weighted by molar-refractivity contribution is 5.82. The number of nitrogens with one attached hydrogen (secondary N) is 1.